The lowest BCUT2D eigenvalue weighted by atomic mass is 9.93. The summed E-state index contributed by atoms with van der Waals surface area (Å²) in [6, 6.07) is 0. The molecular formula is C41H66O7Si2. The van der Waals surface area contributed by atoms with Crippen molar-refractivity contribution in [1.29, 1.82) is 0 Å². The molecule has 280 valence electrons. The Hall–Kier alpha value is -2.07. The predicted molar refractivity (Wildman–Crippen MR) is 208 cm³/mol. The van der Waals surface area contributed by atoms with E-state index in [9.17, 15) is 9.59 Å². The first kappa shape index (κ1) is 42.3. The largest absolute Gasteiger partial charge is 0.449 e. The first-order valence-corrected chi connectivity index (χ1v) is 24.5. The minimum absolute atomic E-state index is 0.0106. The van der Waals surface area contributed by atoms with Gasteiger partial charge in [-0.1, -0.05) is 102 Å². The highest BCUT2D eigenvalue weighted by Gasteiger charge is 2.42. The minimum Gasteiger partial charge on any atom is -0.449 e. The van der Waals surface area contributed by atoms with Crippen LogP contribution in [0.2, 0.25) is 36.3 Å². The van der Waals surface area contributed by atoms with Gasteiger partial charge in [0, 0.05) is 31.6 Å². The Morgan fingerprint density at radius 2 is 1.62 bits per heavy atom. The van der Waals surface area contributed by atoms with Gasteiger partial charge in [0.05, 0.1) is 31.0 Å². The van der Waals surface area contributed by atoms with Crippen molar-refractivity contribution in [3.05, 3.63) is 48.1 Å². The van der Waals surface area contributed by atoms with Crippen LogP contribution in [0.3, 0.4) is 0 Å². The Morgan fingerprint density at radius 3 is 2.28 bits per heavy atom. The van der Waals surface area contributed by atoms with Crippen molar-refractivity contribution < 1.29 is 32.7 Å². The summed E-state index contributed by atoms with van der Waals surface area (Å²) in [7, 11) is -4.53. The summed E-state index contributed by atoms with van der Waals surface area (Å²) in [4.78, 5) is 26.9. The van der Waals surface area contributed by atoms with Crippen LogP contribution in [0.15, 0.2) is 48.1 Å². The average Bonchev–Trinajstić information content (AvgIpc) is 2.97. The van der Waals surface area contributed by atoms with Gasteiger partial charge in [0.25, 0.3) is 0 Å². The van der Waals surface area contributed by atoms with Crippen molar-refractivity contribution in [3.8, 4) is 11.8 Å². The molecule has 0 spiro atoms. The molecular weight excluding hydrogens is 661 g/mol. The number of hydrogen-bond acceptors (Lipinski definition) is 7. The van der Waals surface area contributed by atoms with Gasteiger partial charge in [-0.25, -0.2) is 4.79 Å². The number of fused-ring (bicyclic) bond motifs is 2. The molecule has 7 nitrogen and oxygen atoms in total. The maximum Gasteiger partial charge on any atom is 0.384 e. The van der Waals surface area contributed by atoms with Crippen molar-refractivity contribution in [2.75, 3.05) is 6.61 Å². The first-order valence-electron chi connectivity index (χ1n) is 18.7. The molecule has 0 saturated heterocycles. The zero-order valence-electron chi connectivity index (χ0n) is 33.1. The van der Waals surface area contributed by atoms with Crippen LogP contribution in [0.25, 0.3) is 0 Å². The molecule has 0 unspecified atom stereocenters. The van der Waals surface area contributed by atoms with Gasteiger partial charge in [-0.2, -0.15) is 0 Å². The van der Waals surface area contributed by atoms with E-state index in [0.29, 0.717) is 32.3 Å². The molecule has 0 radical (unpaired) electrons. The van der Waals surface area contributed by atoms with Gasteiger partial charge in [-0.3, -0.25) is 4.79 Å². The summed E-state index contributed by atoms with van der Waals surface area (Å²) < 4.78 is 32.3. The quantitative estimate of drug-likeness (QED) is 0.0851. The third kappa shape index (κ3) is 13.5. The highest BCUT2D eigenvalue weighted by molar-refractivity contribution is 6.74. The number of Topliss-reactive ketones (excluding diaryl/α,β-unsaturated/α-hetero) is 1. The molecule has 50 heavy (non-hydrogen) atoms. The lowest BCUT2D eigenvalue weighted by Crippen LogP contribution is -2.47. The van der Waals surface area contributed by atoms with Gasteiger partial charge < -0.3 is 23.1 Å². The molecule has 0 amide bonds. The molecule has 0 fully saturated rings. The Kier molecular flexibility index (Phi) is 15.3. The van der Waals surface area contributed by atoms with Gasteiger partial charge in [0.2, 0.25) is 0 Å². The lowest BCUT2D eigenvalue weighted by Gasteiger charge is -2.40. The van der Waals surface area contributed by atoms with Crippen LogP contribution in [0.4, 0.5) is 0 Å². The molecule has 0 aromatic heterocycles. The zero-order chi connectivity index (χ0) is 37.3. The number of hydrogen-bond donors (Lipinski definition) is 0. The van der Waals surface area contributed by atoms with E-state index in [1.807, 2.05) is 24.3 Å². The maximum absolute atomic E-state index is 13.5. The molecule has 0 N–H and O–H groups in total. The Labute approximate surface area is 305 Å². The fraction of sp³-hybridized carbons (Fsp3) is 0.707. The molecule has 3 rings (SSSR count). The Balaban J connectivity index is 2.03. The van der Waals surface area contributed by atoms with Crippen LogP contribution in [0.1, 0.15) is 100 Å². The van der Waals surface area contributed by atoms with E-state index in [1.54, 1.807) is 0 Å². The van der Waals surface area contributed by atoms with E-state index < -0.39 is 34.8 Å². The summed E-state index contributed by atoms with van der Waals surface area (Å²) in [6.07, 6.45) is 16.4. The van der Waals surface area contributed by atoms with E-state index in [-0.39, 0.29) is 46.2 Å². The fourth-order valence-electron chi connectivity index (χ4n) is 5.82. The first-order chi connectivity index (χ1) is 23.1. The molecule has 2 bridgehead atoms. The summed E-state index contributed by atoms with van der Waals surface area (Å²) in [6.45, 7) is 26.9. The number of esters is 1. The third-order valence-corrected chi connectivity index (χ3v) is 19.9. The number of carbonyl (C=O) groups excluding carboxylic acids is 2. The van der Waals surface area contributed by atoms with E-state index in [4.69, 9.17) is 23.1 Å². The summed E-state index contributed by atoms with van der Waals surface area (Å²) in [5.41, 5.74) is 1.29. The summed E-state index contributed by atoms with van der Waals surface area (Å²) in [5, 5.41) is -0.0934. The highest BCUT2D eigenvalue weighted by atomic mass is 28.4. The highest BCUT2D eigenvalue weighted by Crippen LogP contribution is 2.39. The Morgan fingerprint density at radius 1 is 0.940 bits per heavy atom. The van der Waals surface area contributed by atoms with Crippen LogP contribution >= 0.6 is 0 Å². The van der Waals surface area contributed by atoms with Crippen LogP contribution in [-0.4, -0.2) is 71.6 Å². The summed E-state index contributed by atoms with van der Waals surface area (Å²) >= 11 is 0. The van der Waals surface area contributed by atoms with Crippen LogP contribution in [-0.2, 0) is 32.7 Å². The normalized spacial score (nSPS) is 29.6. The van der Waals surface area contributed by atoms with Crippen molar-refractivity contribution in [2.45, 2.75) is 173 Å². The number of ketones is 1. The molecule has 3 aliphatic heterocycles. The van der Waals surface area contributed by atoms with E-state index >= 15 is 0 Å². The number of rotatable bonds is 7. The minimum atomic E-state index is -2.32. The van der Waals surface area contributed by atoms with Crippen molar-refractivity contribution >= 4 is 28.4 Å². The molecule has 3 heterocycles. The fourth-order valence-corrected chi connectivity index (χ4v) is 8.36. The molecule has 0 aromatic carbocycles. The number of cyclic esters (lactones) is 1. The van der Waals surface area contributed by atoms with Gasteiger partial charge in [-0.05, 0) is 68.4 Å². The second kappa shape index (κ2) is 18.1. The second-order valence-electron chi connectivity index (χ2n) is 17.6. The van der Waals surface area contributed by atoms with Crippen molar-refractivity contribution in [1.82, 2.24) is 0 Å². The van der Waals surface area contributed by atoms with Gasteiger partial charge in [-0.15, -0.1) is 0 Å². The van der Waals surface area contributed by atoms with Crippen molar-refractivity contribution in [2.24, 2.45) is 5.92 Å². The summed E-state index contributed by atoms with van der Waals surface area (Å²) in [5.74, 6) is 5.52. The zero-order valence-corrected chi connectivity index (χ0v) is 35.1. The number of ether oxygens (including phenoxy) is 3. The molecule has 0 aromatic rings. The third-order valence-electron chi connectivity index (χ3n) is 10.9. The van der Waals surface area contributed by atoms with E-state index in [2.05, 4.69) is 112 Å². The van der Waals surface area contributed by atoms with Crippen LogP contribution in [0, 0.1) is 17.8 Å². The molecule has 3 aliphatic rings. The number of carbonyl (C=O) groups is 2. The van der Waals surface area contributed by atoms with Gasteiger partial charge in [0.15, 0.2) is 16.6 Å². The monoisotopic (exact) mass is 726 g/mol. The molecule has 0 aliphatic carbocycles. The molecule has 7 atom stereocenters. The van der Waals surface area contributed by atoms with Gasteiger partial charge >= 0.3 is 5.97 Å². The maximum atomic E-state index is 13.5. The van der Waals surface area contributed by atoms with Crippen LogP contribution in [0.5, 0.6) is 0 Å². The SMILES string of the molecule is CC1=CCO[C@H](/C=C/[C@H](O[Si](C)(C)C(C)(C)C)[C@@H]2C/C=C/[C@@H](O[Si](C)(C)C(C)(C)C)CC(=O)C[C@H](C)C[C@@H]3CC=C[C@@H](CC#CC(=O)O2)O3)C1. The average molecular weight is 727 g/mol. The predicted octanol–water partition coefficient (Wildman–Crippen LogP) is 9.41. The lowest BCUT2D eigenvalue weighted by molar-refractivity contribution is -0.145. The van der Waals surface area contributed by atoms with Gasteiger partial charge in [0.1, 0.15) is 18.0 Å². The van der Waals surface area contributed by atoms with Crippen LogP contribution < -0.4 is 0 Å². The molecule has 9 heteroatoms. The standard InChI is InChI=1S/C41H66O7Si2/c1-30-24-25-44-34(27-30)22-23-38(48-50(11,12)41(6,7)8)37-20-14-19-36(47-49(9,10)40(3,4)5)29-32(42)26-31(2)28-35-18-13-16-33(45-35)17-15-21-39(43)46-37/h13-14,16,19,22-24,31,33-38H,17-18,20,25-29H2,1-12H3/b19-14+,23-22+/t31-,33-,34+,35-,36+,37-,38-/m0/s1. The van der Waals surface area contributed by atoms with E-state index in [0.717, 1.165) is 19.3 Å². The smallest absolute Gasteiger partial charge is 0.384 e. The Bertz CT molecular complexity index is 1330. The van der Waals surface area contributed by atoms with E-state index in [1.165, 1.54) is 5.57 Å². The second-order valence-corrected chi connectivity index (χ2v) is 27.1. The topological polar surface area (TPSA) is 80.3 Å². The van der Waals surface area contributed by atoms with Crippen molar-refractivity contribution in [3.63, 3.8) is 0 Å². The molecule has 0 saturated carbocycles.